The Morgan fingerprint density at radius 2 is 1.80 bits per heavy atom. The molecule has 1 amide bonds. The van der Waals surface area contributed by atoms with E-state index >= 15 is 0 Å². The van der Waals surface area contributed by atoms with E-state index in [1.807, 2.05) is 35.2 Å². The van der Waals surface area contributed by atoms with E-state index in [4.69, 9.17) is 9.47 Å². The lowest BCUT2D eigenvalue weighted by Crippen LogP contribution is -2.54. The Morgan fingerprint density at radius 3 is 2.48 bits per heavy atom. The number of piperidine rings is 1. The third-order valence-electron chi connectivity index (χ3n) is 5.59. The first-order valence-corrected chi connectivity index (χ1v) is 8.78. The summed E-state index contributed by atoms with van der Waals surface area (Å²) in [6, 6.07) is 18.3. The van der Waals surface area contributed by atoms with E-state index in [2.05, 4.69) is 31.2 Å². The van der Waals surface area contributed by atoms with E-state index in [0.29, 0.717) is 13.0 Å². The van der Waals surface area contributed by atoms with Gasteiger partial charge in [-0.25, -0.2) is 0 Å². The number of methoxy groups -OCH3 is 1. The van der Waals surface area contributed by atoms with Crippen LogP contribution in [-0.2, 0) is 9.53 Å². The van der Waals surface area contributed by atoms with Crippen LogP contribution in [0.2, 0.25) is 0 Å². The first-order valence-electron chi connectivity index (χ1n) is 8.78. The minimum atomic E-state index is -0.607. The summed E-state index contributed by atoms with van der Waals surface area (Å²) in [5, 5.41) is 0. The van der Waals surface area contributed by atoms with Crippen molar-refractivity contribution in [3.63, 3.8) is 0 Å². The summed E-state index contributed by atoms with van der Waals surface area (Å²) in [4.78, 5) is 14.7. The average Bonchev–Trinajstić information content (AvgIpc) is 3.02. The molecule has 4 nitrogen and oxygen atoms in total. The topological polar surface area (TPSA) is 38.8 Å². The lowest BCUT2D eigenvalue weighted by Gasteiger charge is -2.46. The van der Waals surface area contributed by atoms with E-state index < -0.39 is 5.72 Å². The SMILES string of the molecule is COc1ccc([C@@H]2CCC(=O)N3[C@H](c4ccccc4)CO[C@@]23C)cc1. The van der Waals surface area contributed by atoms with E-state index in [9.17, 15) is 4.79 Å². The van der Waals surface area contributed by atoms with Crippen molar-refractivity contribution < 1.29 is 14.3 Å². The van der Waals surface area contributed by atoms with Gasteiger partial charge in [0.2, 0.25) is 5.91 Å². The van der Waals surface area contributed by atoms with Crippen LogP contribution in [0, 0.1) is 0 Å². The van der Waals surface area contributed by atoms with Gasteiger partial charge in [0.1, 0.15) is 11.5 Å². The van der Waals surface area contributed by atoms with Crippen LogP contribution >= 0.6 is 0 Å². The number of amides is 1. The zero-order chi connectivity index (χ0) is 17.4. The molecule has 0 N–H and O–H groups in total. The van der Waals surface area contributed by atoms with Crippen molar-refractivity contribution in [3.05, 3.63) is 65.7 Å². The molecule has 2 heterocycles. The molecule has 4 rings (SSSR count). The van der Waals surface area contributed by atoms with Crippen molar-refractivity contribution in [1.82, 2.24) is 4.90 Å². The molecule has 3 atom stereocenters. The number of rotatable bonds is 3. The Balaban J connectivity index is 1.69. The molecule has 2 saturated heterocycles. The Morgan fingerprint density at radius 1 is 1.08 bits per heavy atom. The van der Waals surface area contributed by atoms with Gasteiger partial charge in [-0.05, 0) is 36.6 Å². The number of hydrogen-bond acceptors (Lipinski definition) is 3. The minimum absolute atomic E-state index is 0.0141. The lowest BCUT2D eigenvalue weighted by molar-refractivity contribution is -0.161. The normalized spacial score (nSPS) is 28.7. The summed E-state index contributed by atoms with van der Waals surface area (Å²) in [6.07, 6.45) is 1.36. The highest BCUT2D eigenvalue weighted by atomic mass is 16.5. The Labute approximate surface area is 148 Å². The Hall–Kier alpha value is -2.33. The second kappa shape index (κ2) is 6.19. The molecule has 25 heavy (non-hydrogen) atoms. The van der Waals surface area contributed by atoms with Crippen LogP contribution in [0.25, 0.3) is 0 Å². The first-order chi connectivity index (χ1) is 12.1. The number of carbonyl (C=O) groups excluding carboxylic acids is 1. The van der Waals surface area contributed by atoms with Crippen molar-refractivity contribution in [2.75, 3.05) is 13.7 Å². The number of benzene rings is 2. The summed E-state index contributed by atoms with van der Waals surface area (Å²) >= 11 is 0. The van der Waals surface area contributed by atoms with Crippen LogP contribution in [-0.4, -0.2) is 30.2 Å². The quantitative estimate of drug-likeness (QED) is 0.853. The van der Waals surface area contributed by atoms with Crippen molar-refractivity contribution in [3.8, 4) is 5.75 Å². The standard InChI is InChI=1S/C21H23NO3/c1-21-18(15-8-10-17(24-2)11-9-15)12-13-20(23)22(21)19(14-25-21)16-6-4-3-5-7-16/h3-11,18-19H,12-14H2,1-2H3/t18-,19-,21-/m0/s1. The molecular weight excluding hydrogens is 314 g/mol. The molecule has 2 aliphatic heterocycles. The average molecular weight is 337 g/mol. The minimum Gasteiger partial charge on any atom is -0.497 e. The molecule has 0 aromatic heterocycles. The van der Waals surface area contributed by atoms with Gasteiger partial charge < -0.3 is 14.4 Å². The molecule has 0 bridgehead atoms. The van der Waals surface area contributed by atoms with Gasteiger partial charge in [-0.3, -0.25) is 4.79 Å². The van der Waals surface area contributed by atoms with E-state index in [1.165, 1.54) is 5.56 Å². The molecule has 2 fully saturated rings. The van der Waals surface area contributed by atoms with E-state index in [-0.39, 0.29) is 17.9 Å². The maximum absolute atomic E-state index is 12.8. The third kappa shape index (κ3) is 2.61. The first kappa shape index (κ1) is 16.2. The summed E-state index contributed by atoms with van der Waals surface area (Å²) < 4.78 is 11.5. The zero-order valence-electron chi connectivity index (χ0n) is 14.6. The molecule has 0 unspecified atom stereocenters. The van der Waals surface area contributed by atoms with Gasteiger partial charge in [-0.2, -0.15) is 0 Å². The molecular formula is C21H23NO3. The van der Waals surface area contributed by atoms with E-state index in [1.54, 1.807) is 7.11 Å². The molecule has 2 aliphatic rings. The van der Waals surface area contributed by atoms with Crippen molar-refractivity contribution >= 4 is 5.91 Å². The van der Waals surface area contributed by atoms with Crippen LogP contribution in [0.15, 0.2) is 54.6 Å². The highest BCUT2D eigenvalue weighted by Crippen LogP contribution is 2.50. The summed E-state index contributed by atoms with van der Waals surface area (Å²) in [5.41, 5.74) is 1.72. The molecule has 4 heteroatoms. The maximum Gasteiger partial charge on any atom is 0.225 e. The molecule has 2 aromatic rings. The molecule has 0 radical (unpaired) electrons. The monoisotopic (exact) mass is 337 g/mol. The number of nitrogens with zero attached hydrogens (tertiary/aromatic N) is 1. The fraction of sp³-hybridized carbons (Fsp3) is 0.381. The van der Waals surface area contributed by atoms with Crippen molar-refractivity contribution in [1.29, 1.82) is 0 Å². The highest BCUT2D eigenvalue weighted by Gasteiger charge is 2.54. The van der Waals surface area contributed by atoms with Gasteiger partial charge in [0.05, 0.1) is 19.8 Å². The summed E-state index contributed by atoms with van der Waals surface area (Å²) in [5.74, 6) is 1.18. The molecule has 0 saturated carbocycles. The zero-order valence-corrected chi connectivity index (χ0v) is 14.6. The Kier molecular flexibility index (Phi) is 4.00. The Bertz CT molecular complexity index is 758. The molecule has 130 valence electrons. The van der Waals surface area contributed by atoms with Crippen LogP contribution in [0.1, 0.15) is 42.9 Å². The van der Waals surface area contributed by atoms with Gasteiger partial charge in [0.15, 0.2) is 0 Å². The van der Waals surface area contributed by atoms with Crippen LogP contribution < -0.4 is 4.74 Å². The second-order valence-electron chi connectivity index (χ2n) is 6.92. The predicted octanol–water partition coefficient (Wildman–Crippen LogP) is 3.89. The van der Waals surface area contributed by atoms with Crippen LogP contribution in [0.5, 0.6) is 5.75 Å². The fourth-order valence-corrected chi connectivity index (χ4v) is 4.28. The smallest absolute Gasteiger partial charge is 0.225 e. The number of carbonyl (C=O) groups is 1. The van der Waals surface area contributed by atoms with Crippen LogP contribution in [0.3, 0.4) is 0 Å². The molecule has 2 aromatic carbocycles. The second-order valence-corrected chi connectivity index (χ2v) is 6.92. The lowest BCUT2D eigenvalue weighted by atomic mass is 9.80. The maximum atomic E-state index is 12.8. The molecule has 0 spiro atoms. The number of hydrogen-bond donors (Lipinski definition) is 0. The predicted molar refractivity (Wildman–Crippen MR) is 95.4 cm³/mol. The van der Waals surface area contributed by atoms with Gasteiger partial charge in [-0.15, -0.1) is 0 Å². The highest BCUT2D eigenvalue weighted by molar-refractivity contribution is 5.79. The van der Waals surface area contributed by atoms with Gasteiger partial charge in [-0.1, -0.05) is 42.5 Å². The molecule has 0 aliphatic carbocycles. The summed E-state index contributed by atoms with van der Waals surface area (Å²) in [6.45, 7) is 2.60. The van der Waals surface area contributed by atoms with Crippen molar-refractivity contribution in [2.45, 2.75) is 37.5 Å². The van der Waals surface area contributed by atoms with E-state index in [0.717, 1.165) is 17.7 Å². The van der Waals surface area contributed by atoms with Gasteiger partial charge >= 0.3 is 0 Å². The van der Waals surface area contributed by atoms with Gasteiger partial charge in [0.25, 0.3) is 0 Å². The van der Waals surface area contributed by atoms with Crippen molar-refractivity contribution in [2.24, 2.45) is 0 Å². The third-order valence-corrected chi connectivity index (χ3v) is 5.59. The largest absolute Gasteiger partial charge is 0.497 e. The van der Waals surface area contributed by atoms with Crippen LogP contribution in [0.4, 0.5) is 0 Å². The number of ether oxygens (including phenoxy) is 2. The number of fused-ring (bicyclic) bond motifs is 1. The fourth-order valence-electron chi connectivity index (χ4n) is 4.28. The van der Waals surface area contributed by atoms with Gasteiger partial charge in [0, 0.05) is 12.3 Å². The summed E-state index contributed by atoms with van der Waals surface area (Å²) in [7, 11) is 1.67.